The van der Waals surface area contributed by atoms with Gasteiger partial charge in [0.1, 0.15) is 0 Å². The first-order valence-electron chi connectivity index (χ1n) is 4.05. The van der Waals surface area contributed by atoms with Crippen LogP contribution in [0.4, 0.5) is 4.79 Å². The summed E-state index contributed by atoms with van der Waals surface area (Å²) in [5.41, 5.74) is -0.250. The predicted octanol–water partition coefficient (Wildman–Crippen LogP) is 1.42. The molecule has 4 amide bonds. The molecule has 0 bridgehead atoms. The lowest BCUT2D eigenvalue weighted by atomic mass is 10.2. The van der Waals surface area contributed by atoms with Crippen LogP contribution in [0, 0.1) is 0 Å². The van der Waals surface area contributed by atoms with E-state index < -0.39 is 17.8 Å². The molecule has 1 aromatic heterocycles. The van der Waals surface area contributed by atoms with Crippen molar-refractivity contribution in [2.45, 2.75) is 0 Å². The van der Waals surface area contributed by atoms with E-state index in [1.54, 1.807) is 11.3 Å². The second-order valence-corrected chi connectivity index (χ2v) is 4.96. The zero-order chi connectivity index (χ0) is 12.1. The fourth-order valence-electron chi connectivity index (χ4n) is 0.750. The topological polar surface area (TPSA) is 75.3 Å². The fourth-order valence-corrected chi connectivity index (χ4v) is 1.67. The van der Waals surface area contributed by atoms with E-state index in [-0.39, 0.29) is 5.57 Å². The van der Waals surface area contributed by atoms with Crippen LogP contribution in [0.25, 0.3) is 0 Å². The van der Waals surface area contributed by atoms with Gasteiger partial charge in [0.2, 0.25) is 0 Å². The Morgan fingerprint density at radius 3 is 2.06 bits per heavy atom. The minimum absolute atomic E-state index is 0.250. The lowest BCUT2D eigenvalue weighted by molar-refractivity contribution is -0.123. The highest BCUT2D eigenvalue weighted by Gasteiger charge is 2.25. The number of carbonyl (C=O) groups excluding carboxylic acids is 3. The van der Waals surface area contributed by atoms with Crippen molar-refractivity contribution < 1.29 is 14.4 Å². The molecule has 0 saturated carbocycles. The molecule has 1 aliphatic rings. The molecule has 1 fully saturated rings. The van der Waals surface area contributed by atoms with Crippen LogP contribution in [0.15, 0.2) is 33.5 Å². The molecule has 2 heterocycles. The highest BCUT2D eigenvalue weighted by Crippen LogP contribution is 2.14. The number of hydrogen-bond donors (Lipinski definition) is 2. The van der Waals surface area contributed by atoms with E-state index >= 15 is 0 Å². The normalized spacial score (nSPS) is 14.8. The maximum atomic E-state index is 10.5. The maximum Gasteiger partial charge on any atom is 0.328 e. The van der Waals surface area contributed by atoms with Gasteiger partial charge in [0, 0.05) is 0 Å². The van der Waals surface area contributed by atoms with Crippen molar-refractivity contribution in [1.29, 1.82) is 0 Å². The summed E-state index contributed by atoms with van der Waals surface area (Å²) in [5.74, 6) is -1.48. The smallest absolute Gasteiger partial charge is 0.273 e. The number of thiophene rings is 1. The zero-order valence-corrected chi connectivity index (χ0v) is 10.4. The summed E-state index contributed by atoms with van der Waals surface area (Å²) in [7, 11) is 0. The Morgan fingerprint density at radius 2 is 1.75 bits per heavy atom. The Labute approximate surface area is 104 Å². The van der Waals surface area contributed by atoms with E-state index in [1.807, 2.05) is 28.1 Å². The summed E-state index contributed by atoms with van der Waals surface area (Å²) in [6, 6.07) is 3.22. The van der Waals surface area contributed by atoms with Crippen LogP contribution in [0.2, 0.25) is 0 Å². The lowest BCUT2D eigenvalue weighted by Crippen LogP contribution is -2.51. The molecule has 7 heteroatoms. The Bertz CT molecular complexity index is 420. The highest BCUT2D eigenvalue weighted by molar-refractivity contribution is 9.11. The van der Waals surface area contributed by atoms with Gasteiger partial charge in [-0.3, -0.25) is 20.2 Å². The van der Waals surface area contributed by atoms with Crippen molar-refractivity contribution in [2.24, 2.45) is 0 Å². The second-order valence-electron chi connectivity index (χ2n) is 2.63. The largest absolute Gasteiger partial charge is 0.328 e. The van der Waals surface area contributed by atoms with Gasteiger partial charge in [-0.2, -0.15) is 0 Å². The Balaban J connectivity index is 0.000000181. The third-order valence-electron chi connectivity index (χ3n) is 1.49. The van der Waals surface area contributed by atoms with Crippen molar-refractivity contribution >= 4 is 45.1 Å². The van der Waals surface area contributed by atoms with Gasteiger partial charge in [0.05, 0.1) is 9.36 Å². The Morgan fingerprint density at radius 1 is 1.19 bits per heavy atom. The molecule has 1 saturated heterocycles. The zero-order valence-electron chi connectivity index (χ0n) is 7.95. The number of amides is 4. The third kappa shape index (κ3) is 3.59. The van der Waals surface area contributed by atoms with Crippen molar-refractivity contribution in [2.75, 3.05) is 0 Å². The average Bonchev–Trinajstić information content (AvgIpc) is 2.66. The van der Waals surface area contributed by atoms with E-state index in [1.165, 1.54) is 3.79 Å². The number of carbonyl (C=O) groups is 3. The first-order chi connectivity index (χ1) is 7.50. The number of hydrogen-bond acceptors (Lipinski definition) is 4. The van der Waals surface area contributed by atoms with Crippen molar-refractivity contribution in [3.8, 4) is 0 Å². The molecule has 5 nitrogen and oxygen atoms in total. The molecule has 1 aromatic rings. The number of barbiturate groups is 1. The monoisotopic (exact) mass is 302 g/mol. The summed E-state index contributed by atoms with van der Waals surface area (Å²) in [4.78, 5) is 31.4. The van der Waals surface area contributed by atoms with Gasteiger partial charge in [-0.1, -0.05) is 12.6 Å². The van der Waals surface area contributed by atoms with Crippen molar-refractivity contribution in [1.82, 2.24) is 10.6 Å². The molecule has 16 heavy (non-hydrogen) atoms. The van der Waals surface area contributed by atoms with Gasteiger partial charge < -0.3 is 0 Å². The van der Waals surface area contributed by atoms with Crippen LogP contribution < -0.4 is 10.6 Å². The third-order valence-corrected chi connectivity index (χ3v) is 2.97. The fraction of sp³-hybridized carbons (Fsp3) is 0. The first-order valence-corrected chi connectivity index (χ1v) is 5.72. The van der Waals surface area contributed by atoms with Crippen LogP contribution in [-0.4, -0.2) is 17.8 Å². The summed E-state index contributed by atoms with van der Waals surface area (Å²) < 4.78 is 1.20. The number of nitrogens with one attached hydrogen (secondary N) is 2. The lowest BCUT2D eigenvalue weighted by Gasteiger charge is -2.11. The van der Waals surface area contributed by atoms with Crippen LogP contribution in [0.1, 0.15) is 0 Å². The molecule has 2 N–H and O–H groups in total. The quantitative estimate of drug-likeness (QED) is 0.562. The van der Waals surface area contributed by atoms with Gasteiger partial charge in [0.25, 0.3) is 11.8 Å². The average molecular weight is 303 g/mol. The van der Waals surface area contributed by atoms with Crippen LogP contribution in [0.3, 0.4) is 0 Å². The van der Waals surface area contributed by atoms with E-state index in [4.69, 9.17) is 0 Å². The minimum Gasteiger partial charge on any atom is -0.273 e. The summed E-state index contributed by atoms with van der Waals surface area (Å²) >= 11 is 4.99. The Kier molecular flexibility index (Phi) is 4.39. The second kappa shape index (κ2) is 5.57. The van der Waals surface area contributed by atoms with Crippen LogP contribution in [0.5, 0.6) is 0 Å². The first kappa shape index (κ1) is 12.6. The molecule has 0 radical (unpaired) electrons. The van der Waals surface area contributed by atoms with Gasteiger partial charge in [-0.15, -0.1) is 11.3 Å². The summed E-state index contributed by atoms with van der Waals surface area (Å²) in [6.07, 6.45) is 0. The predicted molar refractivity (Wildman–Crippen MR) is 62.8 cm³/mol. The summed E-state index contributed by atoms with van der Waals surface area (Å²) in [6.45, 7) is 3.13. The molecule has 0 atom stereocenters. The molecule has 1 aliphatic heterocycles. The number of urea groups is 1. The standard InChI is InChI=1S/C5H4N2O3.C4H3BrS/c1-2-3(8)6-5(10)7-4(2)9;5-4-2-1-3-6-4/h1H2,(H2,6,7,8,9,10);1-3H. The molecular weight excluding hydrogens is 296 g/mol. The van der Waals surface area contributed by atoms with E-state index in [0.717, 1.165) is 0 Å². The molecule has 0 aliphatic carbocycles. The number of imide groups is 2. The van der Waals surface area contributed by atoms with Crippen molar-refractivity contribution in [3.63, 3.8) is 0 Å². The minimum atomic E-state index is -0.803. The Hall–Kier alpha value is -1.47. The van der Waals surface area contributed by atoms with E-state index in [2.05, 4.69) is 22.5 Å². The molecule has 0 spiro atoms. The maximum absolute atomic E-state index is 10.5. The molecule has 84 valence electrons. The molecule has 2 rings (SSSR count). The number of halogens is 1. The van der Waals surface area contributed by atoms with Gasteiger partial charge in [-0.05, 0) is 27.4 Å². The van der Waals surface area contributed by atoms with Gasteiger partial charge in [0.15, 0.2) is 0 Å². The van der Waals surface area contributed by atoms with E-state index in [0.29, 0.717) is 0 Å². The molecular formula is C9H7BrN2O3S. The van der Waals surface area contributed by atoms with Gasteiger partial charge >= 0.3 is 6.03 Å². The van der Waals surface area contributed by atoms with Gasteiger partial charge in [-0.25, -0.2) is 4.79 Å². The molecule has 0 unspecified atom stereocenters. The highest BCUT2D eigenvalue weighted by atomic mass is 79.9. The number of rotatable bonds is 0. The SMILES string of the molecule is Brc1cccs1.C=C1C(=O)NC(=O)NC1=O. The van der Waals surface area contributed by atoms with E-state index in [9.17, 15) is 14.4 Å². The van der Waals surface area contributed by atoms with Crippen LogP contribution >= 0.6 is 27.3 Å². The van der Waals surface area contributed by atoms with Crippen LogP contribution in [-0.2, 0) is 9.59 Å². The van der Waals surface area contributed by atoms with Crippen molar-refractivity contribution in [3.05, 3.63) is 33.5 Å². The summed E-state index contributed by atoms with van der Waals surface area (Å²) in [5, 5.41) is 5.73. The molecule has 0 aromatic carbocycles.